The van der Waals surface area contributed by atoms with E-state index in [1.54, 1.807) is 0 Å². The van der Waals surface area contributed by atoms with E-state index in [1.165, 1.54) is 12.4 Å². The number of rotatable bonds is 5. The molecule has 0 saturated carbocycles. The molecule has 0 spiro atoms. The minimum absolute atomic E-state index is 0.0272. The molecular formula is C25H30N6O2. The number of hydrogen-bond donors (Lipinski definition) is 2. The average Bonchev–Trinajstić information content (AvgIpc) is 3.43. The van der Waals surface area contributed by atoms with E-state index in [4.69, 9.17) is 10.5 Å². The minimum atomic E-state index is -0.0272. The third kappa shape index (κ3) is 3.95. The highest BCUT2D eigenvalue weighted by molar-refractivity contribution is 6.02. The molecule has 33 heavy (non-hydrogen) atoms. The molecule has 8 heteroatoms. The number of aryl methyl sites for hydroxylation is 1. The van der Waals surface area contributed by atoms with Gasteiger partial charge in [-0.1, -0.05) is 18.7 Å². The maximum atomic E-state index is 12.2. The lowest BCUT2D eigenvalue weighted by molar-refractivity contribution is -0.125. The number of aromatic nitrogens is 3. The highest BCUT2D eigenvalue weighted by Crippen LogP contribution is 2.42. The van der Waals surface area contributed by atoms with Crippen LogP contribution in [0.25, 0.3) is 22.2 Å². The monoisotopic (exact) mass is 446 g/mol. The molecule has 2 saturated heterocycles. The van der Waals surface area contributed by atoms with E-state index in [0.29, 0.717) is 24.9 Å². The van der Waals surface area contributed by atoms with Gasteiger partial charge in [-0.3, -0.25) is 4.79 Å². The lowest BCUT2D eigenvalue weighted by Crippen LogP contribution is -2.27. The molecule has 0 aliphatic carbocycles. The van der Waals surface area contributed by atoms with Crippen molar-refractivity contribution in [2.45, 2.75) is 31.2 Å². The first-order chi connectivity index (χ1) is 16.1. The first kappa shape index (κ1) is 21.5. The Labute approximate surface area is 193 Å². The second kappa shape index (κ2) is 8.86. The molecule has 2 aromatic heterocycles. The molecule has 0 radical (unpaired) electrons. The maximum Gasteiger partial charge on any atom is 0.245 e. The standard InChI is InChI=1S/C25H30N6O2/c1-3-20(32)31-11-8-17(14-31)23-21(22-24(26)27-15-28-25(22)30(23)2)16-4-6-18(7-5-16)29-19-9-12-33-13-10-19/h3-7,15,17,19,29H,1,8-14H2,2H3,(H2,26,27,28). The van der Waals surface area contributed by atoms with E-state index in [-0.39, 0.29) is 11.8 Å². The Morgan fingerprint density at radius 1 is 1.21 bits per heavy atom. The molecule has 4 heterocycles. The molecule has 0 bridgehead atoms. The summed E-state index contributed by atoms with van der Waals surface area (Å²) >= 11 is 0. The number of ether oxygens (including phenoxy) is 1. The van der Waals surface area contributed by atoms with E-state index in [9.17, 15) is 4.79 Å². The number of fused-ring (bicyclic) bond motifs is 1. The quantitative estimate of drug-likeness (QED) is 0.584. The van der Waals surface area contributed by atoms with E-state index in [2.05, 4.69) is 50.7 Å². The number of anilines is 2. The second-order valence-electron chi connectivity index (χ2n) is 8.86. The van der Waals surface area contributed by atoms with Gasteiger partial charge in [0.05, 0.1) is 5.39 Å². The van der Waals surface area contributed by atoms with Crippen molar-refractivity contribution in [2.24, 2.45) is 7.05 Å². The SMILES string of the molecule is C=CC(=O)N1CCC(c2c(-c3ccc(NC4CCOCC4)cc3)c3c(N)ncnc3n2C)C1. The zero-order valence-corrected chi connectivity index (χ0v) is 19.0. The van der Waals surface area contributed by atoms with Crippen LogP contribution >= 0.6 is 0 Å². The van der Waals surface area contributed by atoms with Gasteiger partial charge in [0.1, 0.15) is 17.8 Å². The zero-order chi connectivity index (χ0) is 22.9. The van der Waals surface area contributed by atoms with Crippen molar-refractivity contribution >= 4 is 28.4 Å². The Morgan fingerprint density at radius 3 is 2.70 bits per heavy atom. The number of likely N-dealkylation sites (tertiary alicyclic amines) is 1. The molecule has 5 rings (SSSR count). The maximum absolute atomic E-state index is 12.2. The number of nitrogens with zero attached hydrogens (tertiary/aromatic N) is 4. The van der Waals surface area contributed by atoms with Crippen LogP contribution in [-0.2, 0) is 16.6 Å². The Bertz CT molecular complexity index is 1180. The minimum Gasteiger partial charge on any atom is -0.383 e. The van der Waals surface area contributed by atoms with Gasteiger partial charge in [0.2, 0.25) is 5.91 Å². The largest absolute Gasteiger partial charge is 0.383 e. The summed E-state index contributed by atoms with van der Waals surface area (Å²) in [4.78, 5) is 22.9. The van der Waals surface area contributed by atoms with Crippen LogP contribution in [0.2, 0.25) is 0 Å². The summed E-state index contributed by atoms with van der Waals surface area (Å²) in [5, 5.41) is 4.49. The van der Waals surface area contributed by atoms with Gasteiger partial charge < -0.3 is 25.3 Å². The Morgan fingerprint density at radius 2 is 1.97 bits per heavy atom. The van der Waals surface area contributed by atoms with Crippen LogP contribution < -0.4 is 11.1 Å². The normalized spacial score (nSPS) is 19.2. The first-order valence-corrected chi connectivity index (χ1v) is 11.5. The second-order valence-corrected chi connectivity index (χ2v) is 8.86. The molecule has 3 aromatic rings. The van der Waals surface area contributed by atoms with Gasteiger partial charge in [-0.15, -0.1) is 0 Å². The zero-order valence-electron chi connectivity index (χ0n) is 19.0. The van der Waals surface area contributed by atoms with Crippen LogP contribution in [0.15, 0.2) is 43.2 Å². The predicted molar refractivity (Wildman–Crippen MR) is 130 cm³/mol. The Hall–Kier alpha value is -3.39. The molecule has 2 fully saturated rings. The van der Waals surface area contributed by atoms with E-state index in [0.717, 1.165) is 66.0 Å². The van der Waals surface area contributed by atoms with Crippen molar-refractivity contribution in [3.05, 3.63) is 48.9 Å². The molecular weight excluding hydrogens is 416 g/mol. The lowest BCUT2D eigenvalue weighted by Gasteiger charge is -2.24. The number of carbonyl (C=O) groups is 1. The van der Waals surface area contributed by atoms with Crippen LogP contribution in [0.1, 0.15) is 30.9 Å². The molecule has 3 N–H and O–H groups in total. The fraction of sp³-hybridized carbons (Fsp3) is 0.400. The van der Waals surface area contributed by atoms with Gasteiger partial charge in [0, 0.05) is 62.3 Å². The predicted octanol–water partition coefficient (Wildman–Crippen LogP) is 3.31. The topological polar surface area (TPSA) is 98.3 Å². The number of nitrogen functional groups attached to an aromatic ring is 1. The Kier molecular flexibility index (Phi) is 5.76. The highest BCUT2D eigenvalue weighted by atomic mass is 16.5. The summed E-state index contributed by atoms with van der Waals surface area (Å²) < 4.78 is 7.58. The summed E-state index contributed by atoms with van der Waals surface area (Å²) in [5.41, 5.74) is 11.5. The summed E-state index contributed by atoms with van der Waals surface area (Å²) in [5.74, 6) is 0.626. The van der Waals surface area contributed by atoms with E-state index >= 15 is 0 Å². The van der Waals surface area contributed by atoms with E-state index in [1.807, 2.05) is 11.9 Å². The number of nitrogens with two attached hydrogens (primary N) is 1. The molecule has 1 unspecified atom stereocenters. The van der Waals surface area contributed by atoms with Crippen LogP contribution in [0.3, 0.4) is 0 Å². The summed E-state index contributed by atoms with van der Waals surface area (Å²) in [6, 6.07) is 8.95. The molecule has 8 nitrogen and oxygen atoms in total. The van der Waals surface area contributed by atoms with Gasteiger partial charge >= 0.3 is 0 Å². The highest BCUT2D eigenvalue weighted by Gasteiger charge is 2.32. The van der Waals surface area contributed by atoms with Crippen molar-refractivity contribution in [3.8, 4) is 11.1 Å². The van der Waals surface area contributed by atoms with Crippen molar-refractivity contribution in [1.82, 2.24) is 19.4 Å². The Balaban J connectivity index is 1.53. The van der Waals surface area contributed by atoms with Crippen LogP contribution in [0.5, 0.6) is 0 Å². The third-order valence-corrected chi connectivity index (χ3v) is 6.87. The van der Waals surface area contributed by atoms with Gasteiger partial charge in [-0.2, -0.15) is 0 Å². The van der Waals surface area contributed by atoms with Crippen LogP contribution in [0, 0.1) is 0 Å². The number of hydrogen-bond acceptors (Lipinski definition) is 6. The molecule has 2 aliphatic heterocycles. The summed E-state index contributed by atoms with van der Waals surface area (Å²) in [7, 11) is 2.02. The number of carbonyl (C=O) groups excluding carboxylic acids is 1. The summed E-state index contributed by atoms with van der Waals surface area (Å²) in [6.07, 6.45) is 5.82. The van der Waals surface area contributed by atoms with Crippen molar-refractivity contribution in [2.75, 3.05) is 37.4 Å². The van der Waals surface area contributed by atoms with Gasteiger partial charge in [-0.05, 0) is 43.0 Å². The summed E-state index contributed by atoms with van der Waals surface area (Å²) in [6.45, 7) is 6.62. The lowest BCUT2D eigenvalue weighted by atomic mass is 9.94. The van der Waals surface area contributed by atoms with Crippen molar-refractivity contribution in [1.29, 1.82) is 0 Å². The molecule has 2 aliphatic rings. The molecule has 172 valence electrons. The smallest absolute Gasteiger partial charge is 0.245 e. The van der Waals surface area contributed by atoms with Crippen molar-refractivity contribution < 1.29 is 9.53 Å². The fourth-order valence-corrected chi connectivity index (χ4v) is 5.19. The molecule has 1 atom stereocenters. The number of benzene rings is 1. The third-order valence-electron chi connectivity index (χ3n) is 6.87. The van der Waals surface area contributed by atoms with Gasteiger partial charge in [0.25, 0.3) is 0 Å². The molecule has 1 aromatic carbocycles. The fourth-order valence-electron chi connectivity index (χ4n) is 5.19. The first-order valence-electron chi connectivity index (χ1n) is 11.5. The number of amides is 1. The van der Waals surface area contributed by atoms with Crippen molar-refractivity contribution in [3.63, 3.8) is 0 Å². The van der Waals surface area contributed by atoms with Crippen LogP contribution in [-0.4, -0.2) is 57.7 Å². The molecule has 1 amide bonds. The van der Waals surface area contributed by atoms with Gasteiger partial charge in [0.15, 0.2) is 0 Å². The van der Waals surface area contributed by atoms with E-state index < -0.39 is 0 Å². The van der Waals surface area contributed by atoms with Crippen LogP contribution in [0.4, 0.5) is 11.5 Å². The number of nitrogens with one attached hydrogen (secondary N) is 1. The average molecular weight is 447 g/mol. The van der Waals surface area contributed by atoms with Gasteiger partial charge in [-0.25, -0.2) is 9.97 Å².